The maximum atomic E-state index is 10.9. The molecular weight excluding hydrogens is 358 g/mol. The van der Waals surface area contributed by atoms with Crippen LogP contribution in [0.2, 0.25) is 0 Å². The fourth-order valence-electron chi connectivity index (χ4n) is 3.91. The molecule has 29 heavy (non-hydrogen) atoms. The Labute approximate surface area is 171 Å². The summed E-state index contributed by atoms with van der Waals surface area (Å²) in [5, 5.41) is 16.8. The van der Waals surface area contributed by atoms with E-state index in [1.807, 2.05) is 54.6 Å². The standard InChI is InChI=1S/C26H25NO2/c1-18(19-10-4-3-5-11-19)27-26(22-14-8-9-15-24(22)29-2)25-21-13-7-6-12-20(21)16-17-23(25)28/h3-18,26-28H,1-2H3/t18-,26+/m1/s1. The number of nitrogens with one attached hydrogen (secondary N) is 1. The molecule has 0 aliphatic heterocycles. The molecular formula is C26H25NO2. The molecule has 0 heterocycles. The number of fused-ring (bicyclic) bond motifs is 1. The van der Waals surface area contributed by atoms with E-state index >= 15 is 0 Å². The summed E-state index contributed by atoms with van der Waals surface area (Å²) < 4.78 is 5.67. The van der Waals surface area contributed by atoms with Gasteiger partial charge in [-0.25, -0.2) is 0 Å². The van der Waals surface area contributed by atoms with Crippen LogP contribution in [-0.4, -0.2) is 12.2 Å². The van der Waals surface area contributed by atoms with Crippen LogP contribution in [0.1, 0.15) is 35.7 Å². The summed E-state index contributed by atoms with van der Waals surface area (Å²) in [5.41, 5.74) is 3.03. The lowest BCUT2D eigenvalue weighted by molar-refractivity contribution is 0.397. The number of phenols is 1. The second-order valence-corrected chi connectivity index (χ2v) is 7.19. The SMILES string of the molecule is COc1ccccc1[C@H](N[C@H](C)c1ccccc1)c1c(O)ccc2ccccc12. The molecule has 4 aromatic rings. The van der Waals surface area contributed by atoms with Crippen LogP contribution in [-0.2, 0) is 0 Å². The van der Waals surface area contributed by atoms with Crippen molar-refractivity contribution in [2.24, 2.45) is 0 Å². The van der Waals surface area contributed by atoms with Gasteiger partial charge in [0.2, 0.25) is 0 Å². The molecule has 0 unspecified atom stereocenters. The molecule has 4 rings (SSSR count). The molecule has 146 valence electrons. The van der Waals surface area contributed by atoms with E-state index in [4.69, 9.17) is 4.74 Å². The van der Waals surface area contributed by atoms with Gasteiger partial charge in [-0.15, -0.1) is 0 Å². The second-order valence-electron chi connectivity index (χ2n) is 7.19. The number of ether oxygens (including phenoxy) is 1. The summed E-state index contributed by atoms with van der Waals surface area (Å²) in [5.74, 6) is 1.06. The van der Waals surface area contributed by atoms with Gasteiger partial charge in [0.1, 0.15) is 11.5 Å². The molecule has 0 bridgehead atoms. The van der Waals surface area contributed by atoms with Gasteiger partial charge in [-0.2, -0.15) is 0 Å². The summed E-state index contributed by atoms with van der Waals surface area (Å²) in [4.78, 5) is 0. The van der Waals surface area contributed by atoms with Crippen LogP contribution in [0.3, 0.4) is 0 Å². The third-order valence-electron chi connectivity index (χ3n) is 5.40. The molecule has 3 nitrogen and oxygen atoms in total. The third kappa shape index (κ3) is 3.82. The lowest BCUT2D eigenvalue weighted by Gasteiger charge is -2.27. The van der Waals surface area contributed by atoms with E-state index in [2.05, 4.69) is 42.6 Å². The van der Waals surface area contributed by atoms with E-state index < -0.39 is 0 Å². The fourth-order valence-corrected chi connectivity index (χ4v) is 3.91. The van der Waals surface area contributed by atoms with E-state index in [1.54, 1.807) is 13.2 Å². The van der Waals surface area contributed by atoms with Crippen molar-refractivity contribution < 1.29 is 9.84 Å². The minimum Gasteiger partial charge on any atom is -0.508 e. The number of hydrogen-bond acceptors (Lipinski definition) is 3. The van der Waals surface area contributed by atoms with Gasteiger partial charge in [-0.05, 0) is 35.4 Å². The smallest absolute Gasteiger partial charge is 0.123 e. The van der Waals surface area contributed by atoms with Crippen molar-refractivity contribution in [3.63, 3.8) is 0 Å². The topological polar surface area (TPSA) is 41.5 Å². The second kappa shape index (κ2) is 8.38. The first-order valence-corrected chi connectivity index (χ1v) is 9.83. The summed E-state index contributed by atoms with van der Waals surface area (Å²) in [6.07, 6.45) is 0. The van der Waals surface area contributed by atoms with Crippen molar-refractivity contribution in [2.45, 2.75) is 19.0 Å². The average molecular weight is 383 g/mol. The maximum Gasteiger partial charge on any atom is 0.123 e. The van der Waals surface area contributed by atoms with Gasteiger partial charge >= 0.3 is 0 Å². The van der Waals surface area contributed by atoms with Crippen molar-refractivity contribution in [1.82, 2.24) is 5.32 Å². The highest BCUT2D eigenvalue weighted by Crippen LogP contribution is 2.40. The Morgan fingerprint density at radius 3 is 2.28 bits per heavy atom. The molecule has 0 aromatic heterocycles. The van der Waals surface area contributed by atoms with Gasteiger partial charge in [0.15, 0.2) is 0 Å². The zero-order valence-electron chi connectivity index (χ0n) is 16.7. The quantitative estimate of drug-likeness (QED) is 0.429. The minimum absolute atomic E-state index is 0.0736. The molecule has 0 amide bonds. The van der Waals surface area contributed by atoms with Gasteiger partial charge in [0.05, 0.1) is 13.2 Å². The monoisotopic (exact) mass is 383 g/mol. The van der Waals surface area contributed by atoms with Gasteiger partial charge in [0.25, 0.3) is 0 Å². The lowest BCUT2D eigenvalue weighted by Crippen LogP contribution is -2.26. The van der Waals surface area contributed by atoms with Gasteiger partial charge in [-0.1, -0.05) is 78.9 Å². The third-order valence-corrected chi connectivity index (χ3v) is 5.40. The molecule has 0 aliphatic carbocycles. The molecule has 0 radical (unpaired) electrons. The molecule has 0 fully saturated rings. The van der Waals surface area contributed by atoms with Crippen LogP contribution in [0, 0.1) is 0 Å². The average Bonchev–Trinajstić information content (AvgIpc) is 2.78. The Morgan fingerprint density at radius 2 is 1.48 bits per heavy atom. The van der Waals surface area contributed by atoms with Crippen molar-refractivity contribution >= 4 is 10.8 Å². The van der Waals surface area contributed by atoms with Crippen molar-refractivity contribution in [2.75, 3.05) is 7.11 Å². The van der Waals surface area contributed by atoms with Crippen LogP contribution in [0.4, 0.5) is 0 Å². The first-order chi connectivity index (χ1) is 14.2. The van der Waals surface area contributed by atoms with E-state index in [9.17, 15) is 5.11 Å². The molecule has 2 atom stereocenters. The predicted octanol–water partition coefficient (Wildman–Crippen LogP) is 5.99. The Hall–Kier alpha value is -3.30. The number of rotatable bonds is 6. The Kier molecular flexibility index (Phi) is 5.50. The molecule has 3 heteroatoms. The van der Waals surface area contributed by atoms with Gasteiger partial charge < -0.3 is 9.84 Å². The van der Waals surface area contributed by atoms with Crippen LogP contribution in [0.25, 0.3) is 10.8 Å². The number of aromatic hydroxyl groups is 1. The van der Waals surface area contributed by atoms with E-state index in [0.717, 1.165) is 27.6 Å². The Balaban J connectivity index is 1.89. The predicted molar refractivity (Wildman–Crippen MR) is 118 cm³/mol. The minimum atomic E-state index is -0.243. The molecule has 0 spiro atoms. The van der Waals surface area contributed by atoms with Crippen LogP contribution in [0.5, 0.6) is 11.5 Å². The Bertz CT molecular complexity index is 1110. The molecule has 2 N–H and O–H groups in total. The maximum absolute atomic E-state index is 10.9. The van der Waals surface area contributed by atoms with Crippen molar-refractivity contribution in [3.8, 4) is 11.5 Å². The first-order valence-electron chi connectivity index (χ1n) is 9.83. The highest BCUT2D eigenvalue weighted by atomic mass is 16.5. The zero-order valence-corrected chi connectivity index (χ0v) is 16.7. The number of hydrogen-bond donors (Lipinski definition) is 2. The first kappa shape index (κ1) is 19.0. The molecule has 0 saturated heterocycles. The van der Waals surface area contributed by atoms with Crippen molar-refractivity contribution in [3.05, 3.63) is 108 Å². The highest BCUT2D eigenvalue weighted by Gasteiger charge is 2.25. The van der Waals surface area contributed by atoms with E-state index in [-0.39, 0.29) is 17.8 Å². The number of para-hydroxylation sites is 1. The van der Waals surface area contributed by atoms with E-state index in [1.165, 1.54) is 5.56 Å². The summed E-state index contributed by atoms with van der Waals surface area (Å²) in [6.45, 7) is 2.14. The van der Waals surface area contributed by atoms with Crippen LogP contribution in [0.15, 0.2) is 91.0 Å². The summed E-state index contributed by atoms with van der Waals surface area (Å²) >= 11 is 0. The highest BCUT2D eigenvalue weighted by molar-refractivity contribution is 5.88. The van der Waals surface area contributed by atoms with E-state index in [0.29, 0.717) is 0 Å². The number of phenolic OH excluding ortho intramolecular Hbond substituents is 1. The molecule has 0 saturated carbocycles. The number of methoxy groups -OCH3 is 1. The van der Waals surface area contributed by atoms with Crippen molar-refractivity contribution in [1.29, 1.82) is 0 Å². The van der Waals surface area contributed by atoms with Crippen LogP contribution >= 0.6 is 0 Å². The molecule has 0 aliphatic rings. The number of benzene rings is 4. The molecule has 4 aromatic carbocycles. The summed E-state index contributed by atoms with van der Waals surface area (Å²) in [6, 6.07) is 30.0. The Morgan fingerprint density at radius 1 is 0.793 bits per heavy atom. The zero-order chi connectivity index (χ0) is 20.2. The lowest BCUT2D eigenvalue weighted by atomic mass is 9.91. The fraction of sp³-hybridized carbons (Fsp3) is 0.154. The largest absolute Gasteiger partial charge is 0.508 e. The normalized spacial score (nSPS) is 13.2. The van der Waals surface area contributed by atoms with Gasteiger partial charge in [-0.3, -0.25) is 5.32 Å². The van der Waals surface area contributed by atoms with Crippen LogP contribution < -0.4 is 10.1 Å². The van der Waals surface area contributed by atoms with Gasteiger partial charge in [0, 0.05) is 17.2 Å². The summed E-state index contributed by atoms with van der Waals surface area (Å²) in [7, 11) is 1.68.